The highest BCUT2D eigenvalue weighted by Gasteiger charge is 2.36. The Kier molecular flexibility index (Phi) is 6.40. The first-order valence-corrected chi connectivity index (χ1v) is 10.7. The summed E-state index contributed by atoms with van der Waals surface area (Å²) in [4.78, 5) is 26.7. The van der Waals surface area contributed by atoms with Crippen LogP contribution in [0.5, 0.6) is 0 Å². The van der Waals surface area contributed by atoms with Crippen LogP contribution in [-0.2, 0) is 17.9 Å². The number of nitrogens with zero attached hydrogens (tertiary/aromatic N) is 4. The predicted molar refractivity (Wildman–Crippen MR) is 109 cm³/mol. The molecule has 1 aromatic carbocycles. The maximum atomic E-state index is 14.1. The van der Waals surface area contributed by atoms with Gasteiger partial charge in [-0.2, -0.15) is 0 Å². The molecule has 2 unspecified atom stereocenters. The number of halogens is 1. The molecule has 30 heavy (non-hydrogen) atoms. The van der Waals surface area contributed by atoms with Gasteiger partial charge in [0.15, 0.2) is 5.69 Å². The summed E-state index contributed by atoms with van der Waals surface area (Å²) in [5.41, 5.74) is 1.21. The van der Waals surface area contributed by atoms with Gasteiger partial charge in [0.2, 0.25) is 5.91 Å². The van der Waals surface area contributed by atoms with Gasteiger partial charge in [0.05, 0.1) is 25.3 Å². The minimum absolute atomic E-state index is 0.0352. The second-order valence-corrected chi connectivity index (χ2v) is 8.38. The maximum Gasteiger partial charge on any atom is 0.273 e. The third-order valence-corrected chi connectivity index (χ3v) is 6.09. The molecule has 1 N–H and O–H groups in total. The van der Waals surface area contributed by atoms with Gasteiger partial charge in [-0.3, -0.25) is 9.59 Å². The molecule has 0 radical (unpaired) electrons. The summed E-state index contributed by atoms with van der Waals surface area (Å²) in [6, 6.07) is 9.36. The fourth-order valence-corrected chi connectivity index (χ4v) is 4.49. The Bertz CT molecular complexity index is 865. The molecule has 2 aromatic rings. The van der Waals surface area contributed by atoms with Crippen LogP contribution in [0, 0.1) is 5.92 Å². The molecule has 0 spiro atoms. The summed E-state index contributed by atoms with van der Waals surface area (Å²) in [6.45, 7) is 0.896. The normalized spacial score (nSPS) is 21.8. The molecule has 8 heteroatoms. The van der Waals surface area contributed by atoms with E-state index in [1.165, 1.54) is 17.5 Å². The summed E-state index contributed by atoms with van der Waals surface area (Å²) in [7, 11) is 0. The van der Waals surface area contributed by atoms with Gasteiger partial charge in [-0.15, -0.1) is 5.10 Å². The highest BCUT2D eigenvalue weighted by Crippen LogP contribution is 2.30. The van der Waals surface area contributed by atoms with E-state index in [4.69, 9.17) is 0 Å². The van der Waals surface area contributed by atoms with E-state index in [1.54, 1.807) is 11.1 Å². The van der Waals surface area contributed by atoms with Crippen molar-refractivity contribution in [1.29, 1.82) is 0 Å². The predicted octanol–water partition coefficient (Wildman–Crippen LogP) is 2.73. The molecular formula is C22H28FN5O2. The van der Waals surface area contributed by atoms with E-state index in [-0.39, 0.29) is 30.1 Å². The van der Waals surface area contributed by atoms with Crippen molar-refractivity contribution in [2.75, 3.05) is 6.54 Å². The number of benzene rings is 1. The number of rotatable bonds is 7. The van der Waals surface area contributed by atoms with Gasteiger partial charge in [0.1, 0.15) is 6.17 Å². The largest absolute Gasteiger partial charge is 0.347 e. The molecule has 2 amide bonds. The summed E-state index contributed by atoms with van der Waals surface area (Å²) in [5.74, 6) is 0.158. The summed E-state index contributed by atoms with van der Waals surface area (Å²) >= 11 is 0. The molecule has 160 valence electrons. The molecule has 1 saturated heterocycles. The highest BCUT2D eigenvalue weighted by molar-refractivity contribution is 5.91. The number of aromatic nitrogens is 3. The smallest absolute Gasteiger partial charge is 0.273 e. The van der Waals surface area contributed by atoms with E-state index < -0.39 is 6.17 Å². The monoisotopic (exact) mass is 413 g/mol. The molecule has 2 aliphatic rings. The average Bonchev–Trinajstić information content (AvgIpc) is 3.49. The van der Waals surface area contributed by atoms with Crippen LogP contribution in [0.4, 0.5) is 4.39 Å². The van der Waals surface area contributed by atoms with Gasteiger partial charge in [-0.25, -0.2) is 9.07 Å². The Labute approximate surface area is 175 Å². The van der Waals surface area contributed by atoms with Crippen LogP contribution < -0.4 is 5.32 Å². The van der Waals surface area contributed by atoms with Crippen LogP contribution in [0.1, 0.15) is 54.6 Å². The first kappa shape index (κ1) is 20.5. The van der Waals surface area contributed by atoms with Crippen LogP contribution in [-0.4, -0.2) is 50.5 Å². The van der Waals surface area contributed by atoms with E-state index in [9.17, 15) is 14.0 Å². The van der Waals surface area contributed by atoms with Gasteiger partial charge < -0.3 is 10.2 Å². The number of carbonyl (C=O) groups is 2. The van der Waals surface area contributed by atoms with Crippen molar-refractivity contribution in [1.82, 2.24) is 25.2 Å². The van der Waals surface area contributed by atoms with Crippen molar-refractivity contribution in [2.24, 2.45) is 5.92 Å². The fourth-order valence-electron chi connectivity index (χ4n) is 4.49. The number of carbonyl (C=O) groups excluding carboxylic acids is 2. The van der Waals surface area contributed by atoms with Crippen molar-refractivity contribution < 1.29 is 14.0 Å². The topological polar surface area (TPSA) is 80.1 Å². The Morgan fingerprint density at radius 3 is 2.70 bits per heavy atom. The number of hydrogen-bond donors (Lipinski definition) is 1. The molecule has 2 heterocycles. The van der Waals surface area contributed by atoms with Gasteiger partial charge in [-0.05, 0) is 24.3 Å². The van der Waals surface area contributed by atoms with E-state index in [0.717, 1.165) is 18.4 Å². The molecule has 1 aliphatic heterocycles. The van der Waals surface area contributed by atoms with E-state index in [2.05, 4.69) is 15.6 Å². The van der Waals surface area contributed by atoms with Crippen molar-refractivity contribution in [3.05, 3.63) is 47.8 Å². The minimum atomic E-state index is -1.01. The molecule has 1 saturated carbocycles. The second kappa shape index (κ2) is 9.36. The van der Waals surface area contributed by atoms with E-state index in [1.807, 2.05) is 30.3 Å². The second-order valence-electron chi connectivity index (χ2n) is 8.38. The van der Waals surface area contributed by atoms with Crippen LogP contribution in [0.3, 0.4) is 0 Å². The molecular weight excluding hydrogens is 385 g/mol. The quantitative estimate of drug-likeness (QED) is 0.757. The zero-order valence-electron chi connectivity index (χ0n) is 17.0. The zero-order valence-corrected chi connectivity index (χ0v) is 17.0. The average molecular weight is 413 g/mol. The maximum absolute atomic E-state index is 14.1. The van der Waals surface area contributed by atoms with Gasteiger partial charge in [-0.1, -0.05) is 48.4 Å². The lowest BCUT2D eigenvalue weighted by Gasteiger charge is -2.25. The number of nitrogens with one attached hydrogen (secondary N) is 1. The third-order valence-electron chi connectivity index (χ3n) is 6.09. The first-order valence-electron chi connectivity index (χ1n) is 10.7. The standard InChI is InChI=1S/C22H28FN5O2/c23-18-11-19(28(13-18)21(29)10-16-6-4-5-7-16)14-27-15-20(25-26-27)22(30)24-12-17-8-2-1-3-9-17/h1-3,8-9,15-16,18-19H,4-7,10-14H2,(H,24,30). The van der Waals surface area contributed by atoms with Crippen molar-refractivity contribution in [3.63, 3.8) is 0 Å². The summed E-state index contributed by atoms with van der Waals surface area (Å²) < 4.78 is 15.6. The van der Waals surface area contributed by atoms with Crippen LogP contribution >= 0.6 is 0 Å². The van der Waals surface area contributed by atoms with Gasteiger partial charge in [0, 0.05) is 19.4 Å². The number of hydrogen-bond acceptors (Lipinski definition) is 4. The summed E-state index contributed by atoms with van der Waals surface area (Å²) in [5, 5.41) is 10.8. The lowest BCUT2D eigenvalue weighted by molar-refractivity contribution is -0.133. The minimum Gasteiger partial charge on any atom is -0.347 e. The molecule has 1 aliphatic carbocycles. The Hall–Kier alpha value is -2.77. The van der Waals surface area contributed by atoms with Crippen molar-refractivity contribution in [3.8, 4) is 0 Å². The van der Waals surface area contributed by atoms with E-state index in [0.29, 0.717) is 31.8 Å². The van der Waals surface area contributed by atoms with Crippen molar-refractivity contribution >= 4 is 11.8 Å². The van der Waals surface area contributed by atoms with Crippen LogP contribution in [0.15, 0.2) is 36.5 Å². The molecule has 7 nitrogen and oxygen atoms in total. The molecule has 1 aromatic heterocycles. The Morgan fingerprint density at radius 1 is 1.17 bits per heavy atom. The first-order chi connectivity index (χ1) is 14.6. The summed E-state index contributed by atoms with van der Waals surface area (Å²) in [6.07, 6.45) is 5.90. The highest BCUT2D eigenvalue weighted by atomic mass is 19.1. The Morgan fingerprint density at radius 2 is 1.93 bits per heavy atom. The lowest BCUT2D eigenvalue weighted by atomic mass is 10.0. The SMILES string of the molecule is O=C(NCc1ccccc1)c1cn(CC2CC(F)CN2C(=O)CC2CCCC2)nn1. The van der Waals surface area contributed by atoms with Crippen LogP contribution in [0.2, 0.25) is 0 Å². The van der Waals surface area contributed by atoms with Crippen LogP contribution in [0.25, 0.3) is 0 Å². The van der Waals surface area contributed by atoms with Crippen molar-refractivity contribution in [2.45, 2.75) is 63.8 Å². The fraction of sp³-hybridized carbons (Fsp3) is 0.545. The lowest BCUT2D eigenvalue weighted by Crippen LogP contribution is -2.39. The third kappa shape index (κ3) is 5.04. The Balaban J connectivity index is 1.33. The molecule has 4 rings (SSSR count). The zero-order chi connectivity index (χ0) is 20.9. The van der Waals surface area contributed by atoms with Gasteiger partial charge in [0.25, 0.3) is 5.91 Å². The number of likely N-dealkylation sites (tertiary alicyclic amines) is 1. The number of alkyl halides is 1. The molecule has 0 bridgehead atoms. The molecule has 2 fully saturated rings. The number of amides is 2. The van der Waals surface area contributed by atoms with E-state index >= 15 is 0 Å². The molecule has 2 atom stereocenters. The van der Waals surface area contributed by atoms with Gasteiger partial charge >= 0.3 is 0 Å².